The molecule has 1 N–H and O–H groups in total. The zero-order valence-electron chi connectivity index (χ0n) is 16.7. The summed E-state index contributed by atoms with van der Waals surface area (Å²) >= 11 is 0. The topological polar surface area (TPSA) is 89.9 Å². The predicted molar refractivity (Wildman–Crippen MR) is 111 cm³/mol. The van der Waals surface area contributed by atoms with Gasteiger partial charge < -0.3 is 14.9 Å². The molecule has 1 amide bonds. The monoisotopic (exact) mass is 407 g/mol. The minimum absolute atomic E-state index is 0.129. The Labute approximate surface area is 175 Å². The Bertz CT molecular complexity index is 936. The Morgan fingerprint density at radius 2 is 1.80 bits per heavy atom. The van der Waals surface area contributed by atoms with Crippen LogP contribution in [0.25, 0.3) is 11.4 Å². The molecule has 5 rings (SSSR count). The van der Waals surface area contributed by atoms with Crippen molar-refractivity contribution < 1.29 is 14.7 Å². The Hall–Kier alpha value is -3.00. The van der Waals surface area contributed by atoms with E-state index in [1.54, 1.807) is 18.5 Å². The van der Waals surface area contributed by atoms with Gasteiger partial charge in [0, 0.05) is 49.3 Å². The summed E-state index contributed by atoms with van der Waals surface area (Å²) < 4.78 is 0. The highest BCUT2D eigenvalue weighted by Gasteiger charge is 2.45. The molecule has 3 atom stereocenters. The highest BCUT2D eigenvalue weighted by molar-refractivity contribution is 5.80. The zero-order chi connectivity index (χ0) is 20.7. The van der Waals surface area contributed by atoms with E-state index < -0.39 is 5.97 Å². The number of aliphatic carboxylic acids is 1. The molecule has 4 heterocycles. The van der Waals surface area contributed by atoms with E-state index in [0.29, 0.717) is 32.1 Å². The molecular formula is C22H25N5O3. The summed E-state index contributed by atoms with van der Waals surface area (Å²) in [5.74, 6) is -0.251. The SMILES string of the molecule is O=C(O)C1CCN(CC(=O)N2CC3CC2CN3c2ccc(-c3ncccn3)cc2)C1. The Kier molecular flexibility index (Phi) is 4.86. The highest BCUT2D eigenvalue weighted by Crippen LogP contribution is 2.35. The van der Waals surface area contributed by atoms with E-state index in [1.165, 1.54) is 0 Å². The smallest absolute Gasteiger partial charge is 0.307 e. The molecule has 8 nitrogen and oxygen atoms in total. The maximum absolute atomic E-state index is 12.8. The van der Waals surface area contributed by atoms with E-state index in [0.717, 1.165) is 36.6 Å². The number of fused-ring (bicyclic) bond motifs is 2. The molecule has 2 aromatic rings. The molecule has 0 spiro atoms. The van der Waals surface area contributed by atoms with Gasteiger partial charge in [0.25, 0.3) is 0 Å². The number of hydrogen-bond donors (Lipinski definition) is 1. The van der Waals surface area contributed by atoms with Crippen LogP contribution < -0.4 is 4.90 Å². The molecule has 3 aliphatic heterocycles. The van der Waals surface area contributed by atoms with Crippen molar-refractivity contribution in [1.29, 1.82) is 0 Å². The molecule has 1 aromatic heterocycles. The fourth-order valence-corrected chi connectivity index (χ4v) is 5.00. The first-order chi connectivity index (χ1) is 14.6. The molecule has 0 radical (unpaired) electrons. The number of rotatable bonds is 5. The third-order valence-corrected chi connectivity index (χ3v) is 6.56. The Morgan fingerprint density at radius 1 is 1.03 bits per heavy atom. The molecule has 8 heteroatoms. The minimum atomic E-state index is -0.759. The summed E-state index contributed by atoms with van der Waals surface area (Å²) in [5, 5.41) is 9.15. The first kappa shape index (κ1) is 19.0. The maximum Gasteiger partial charge on any atom is 0.307 e. The van der Waals surface area contributed by atoms with Crippen molar-refractivity contribution in [2.75, 3.05) is 37.6 Å². The van der Waals surface area contributed by atoms with Gasteiger partial charge in [-0.05, 0) is 49.7 Å². The first-order valence-electron chi connectivity index (χ1n) is 10.5. The van der Waals surface area contributed by atoms with Gasteiger partial charge >= 0.3 is 5.97 Å². The van der Waals surface area contributed by atoms with Gasteiger partial charge in [-0.2, -0.15) is 0 Å². The molecule has 3 saturated heterocycles. The second-order valence-corrected chi connectivity index (χ2v) is 8.42. The lowest BCUT2D eigenvalue weighted by molar-refractivity contribution is -0.141. The van der Waals surface area contributed by atoms with Gasteiger partial charge in [0.1, 0.15) is 0 Å². The molecule has 1 aromatic carbocycles. The van der Waals surface area contributed by atoms with Gasteiger partial charge in [-0.1, -0.05) is 0 Å². The number of anilines is 1. The standard InChI is InChI=1S/C22H25N5O3/c28-20(14-25-9-6-16(11-25)22(29)30)27-13-18-10-19(27)12-26(18)17-4-2-15(3-5-17)21-23-7-1-8-24-21/h1-5,7-8,16,18-19H,6,9-14H2,(H,29,30). The Balaban J connectivity index is 1.19. The van der Waals surface area contributed by atoms with Crippen molar-refractivity contribution in [3.8, 4) is 11.4 Å². The van der Waals surface area contributed by atoms with Crippen LogP contribution in [0.4, 0.5) is 5.69 Å². The quantitative estimate of drug-likeness (QED) is 0.800. The molecule has 0 saturated carbocycles. The van der Waals surface area contributed by atoms with Crippen LogP contribution in [0, 0.1) is 5.92 Å². The second kappa shape index (κ2) is 7.68. The number of carbonyl (C=O) groups is 2. The molecular weight excluding hydrogens is 382 g/mol. The summed E-state index contributed by atoms with van der Waals surface area (Å²) in [6.07, 6.45) is 5.11. The summed E-state index contributed by atoms with van der Waals surface area (Å²) in [6, 6.07) is 10.7. The van der Waals surface area contributed by atoms with E-state index in [9.17, 15) is 9.59 Å². The second-order valence-electron chi connectivity index (χ2n) is 8.42. The van der Waals surface area contributed by atoms with Crippen molar-refractivity contribution in [2.24, 2.45) is 5.92 Å². The van der Waals surface area contributed by atoms with Gasteiger partial charge in [-0.15, -0.1) is 0 Å². The maximum atomic E-state index is 12.8. The van der Waals surface area contributed by atoms with Gasteiger partial charge in [-0.25, -0.2) is 9.97 Å². The minimum Gasteiger partial charge on any atom is -0.481 e. The van der Waals surface area contributed by atoms with Crippen molar-refractivity contribution in [2.45, 2.75) is 24.9 Å². The number of carboxylic acid groups (broad SMARTS) is 1. The van der Waals surface area contributed by atoms with Crippen molar-refractivity contribution >= 4 is 17.6 Å². The number of carbonyl (C=O) groups excluding carboxylic acids is 1. The molecule has 30 heavy (non-hydrogen) atoms. The van der Waals surface area contributed by atoms with Crippen LogP contribution in [0.3, 0.4) is 0 Å². The van der Waals surface area contributed by atoms with Crippen LogP contribution in [0.2, 0.25) is 0 Å². The number of piperazine rings is 1. The number of nitrogens with zero attached hydrogens (tertiary/aromatic N) is 5. The average molecular weight is 407 g/mol. The zero-order valence-corrected chi connectivity index (χ0v) is 16.7. The van der Waals surface area contributed by atoms with E-state index in [2.05, 4.69) is 27.0 Å². The molecule has 3 fully saturated rings. The molecule has 3 aliphatic rings. The van der Waals surface area contributed by atoms with Crippen molar-refractivity contribution in [1.82, 2.24) is 19.8 Å². The molecule has 2 bridgehead atoms. The van der Waals surface area contributed by atoms with Crippen molar-refractivity contribution in [3.63, 3.8) is 0 Å². The van der Waals surface area contributed by atoms with E-state index >= 15 is 0 Å². The normalized spacial score (nSPS) is 25.8. The number of amides is 1. The first-order valence-corrected chi connectivity index (χ1v) is 10.5. The summed E-state index contributed by atoms with van der Waals surface area (Å²) in [6.45, 7) is 3.08. The molecule has 0 aliphatic carbocycles. The summed E-state index contributed by atoms with van der Waals surface area (Å²) in [5.41, 5.74) is 2.16. The lowest BCUT2D eigenvalue weighted by Gasteiger charge is -2.36. The number of carboxylic acids is 1. The summed E-state index contributed by atoms with van der Waals surface area (Å²) in [4.78, 5) is 38.9. The van der Waals surface area contributed by atoms with Crippen LogP contribution in [0.15, 0.2) is 42.7 Å². The van der Waals surface area contributed by atoms with Crippen LogP contribution in [0.1, 0.15) is 12.8 Å². The average Bonchev–Trinajstić information content (AvgIpc) is 3.50. The van der Waals surface area contributed by atoms with Crippen LogP contribution >= 0.6 is 0 Å². The molecule has 3 unspecified atom stereocenters. The fraction of sp³-hybridized carbons (Fsp3) is 0.455. The largest absolute Gasteiger partial charge is 0.481 e. The number of likely N-dealkylation sites (tertiary alicyclic amines) is 2. The van der Waals surface area contributed by atoms with Gasteiger partial charge in [0.2, 0.25) is 5.91 Å². The van der Waals surface area contributed by atoms with E-state index in [1.807, 2.05) is 21.9 Å². The summed E-state index contributed by atoms with van der Waals surface area (Å²) in [7, 11) is 0. The number of hydrogen-bond acceptors (Lipinski definition) is 6. The van der Waals surface area contributed by atoms with E-state index in [4.69, 9.17) is 5.11 Å². The third kappa shape index (κ3) is 3.52. The number of benzene rings is 1. The number of aromatic nitrogens is 2. The van der Waals surface area contributed by atoms with Gasteiger partial charge in [-0.3, -0.25) is 14.5 Å². The van der Waals surface area contributed by atoms with Crippen molar-refractivity contribution in [3.05, 3.63) is 42.7 Å². The lowest BCUT2D eigenvalue weighted by atomic mass is 10.1. The van der Waals surface area contributed by atoms with E-state index in [-0.39, 0.29) is 17.9 Å². The van der Waals surface area contributed by atoms with Crippen LogP contribution in [-0.4, -0.2) is 81.6 Å². The van der Waals surface area contributed by atoms with Gasteiger partial charge in [0.15, 0.2) is 5.82 Å². The molecule has 156 valence electrons. The predicted octanol–water partition coefficient (Wildman–Crippen LogP) is 1.34. The van der Waals surface area contributed by atoms with Crippen LogP contribution in [-0.2, 0) is 9.59 Å². The highest BCUT2D eigenvalue weighted by atomic mass is 16.4. The lowest BCUT2D eigenvalue weighted by Crippen LogP contribution is -2.51. The van der Waals surface area contributed by atoms with Crippen LogP contribution in [0.5, 0.6) is 0 Å². The third-order valence-electron chi connectivity index (χ3n) is 6.56. The fourth-order valence-electron chi connectivity index (χ4n) is 5.00. The Morgan fingerprint density at radius 3 is 2.43 bits per heavy atom. The van der Waals surface area contributed by atoms with Gasteiger partial charge in [0.05, 0.1) is 18.5 Å².